The number of nitrogens with zero attached hydrogens (tertiary/aromatic N) is 3. The minimum atomic E-state index is -0.637. The largest absolute Gasteiger partial charge is 0.378 e. The van der Waals surface area contributed by atoms with Crippen LogP contribution < -0.4 is 10.4 Å². The van der Waals surface area contributed by atoms with Gasteiger partial charge in [-0.1, -0.05) is 36.4 Å². The van der Waals surface area contributed by atoms with Gasteiger partial charge in [0, 0.05) is 36.8 Å². The van der Waals surface area contributed by atoms with E-state index in [0.29, 0.717) is 19.6 Å². The van der Waals surface area contributed by atoms with Crippen molar-refractivity contribution in [1.82, 2.24) is 15.3 Å². The molecule has 2 N–H and O–H groups in total. The lowest BCUT2D eigenvalue weighted by atomic mass is 10.1. The molecule has 3 aromatic rings. The van der Waals surface area contributed by atoms with Gasteiger partial charge in [-0.2, -0.15) is 5.10 Å². The Morgan fingerprint density at radius 3 is 2.67 bits per heavy atom. The number of carbonyl (C=O) groups is 1. The molecule has 0 saturated carbocycles. The van der Waals surface area contributed by atoms with Gasteiger partial charge in [-0.3, -0.25) is 14.7 Å². The molecule has 0 radical (unpaired) electrons. The van der Waals surface area contributed by atoms with Gasteiger partial charge in [0.05, 0.1) is 18.7 Å². The molecular formula is C20H22N4O3. The molecule has 2 heterocycles. The van der Waals surface area contributed by atoms with Crippen LogP contribution in [-0.4, -0.2) is 47.2 Å². The third-order valence-electron chi connectivity index (χ3n) is 4.90. The van der Waals surface area contributed by atoms with E-state index in [1.807, 2.05) is 48.7 Å². The fraction of sp³-hybridized carbons (Fsp3) is 0.300. The molecule has 7 nitrogen and oxygen atoms in total. The summed E-state index contributed by atoms with van der Waals surface area (Å²) in [5.41, 5.74) is 4.69. The summed E-state index contributed by atoms with van der Waals surface area (Å²) in [5, 5.41) is 14.8. The highest BCUT2D eigenvalue weighted by Gasteiger charge is 2.23. The lowest BCUT2D eigenvalue weighted by Gasteiger charge is -2.29. The molecule has 0 spiro atoms. The molecule has 1 saturated heterocycles. The minimum absolute atomic E-state index is 0.439. The van der Waals surface area contributed by atoms with Crippen molar-refractivity contribution in [3.8, 4) is 0 Å². The maximum atomic E-state index is 12.3. The maximum absolute atomic E-state index is 12.3. The quantitative estimate of drug-likeness (QED) is 0.534. The number of benzene rings is 2. The van der Waals surface area contributed by atoms with Crippen molar-refractivity contribution >= 4 is 22.5 Å². The van der Waals surface area contributed by atoms with E-state index in [0.717, 1.165) is 35.2 Å². The number of nitrogens with one attached hydrogen (secondary N) is 1. The second kappa shape index (κ2) is 7.77. The summed E-state index contributed by atoms with van der Waals surface area (Å²) in [6.07, 6.45) is 2.33. The minimum Gasteiger partial charge on any atom is -0.378 e. The zero-order chi connectivity index (χ0) is 18.6. The number of aromatic nitrogens is 2. The van der Waals surface area contributed by atoms with Crippen LogP contribution in [0.4, 0.5) is 5.69 Å². The van der Waals surface area contributed by atoms with E-state index in [1.165, 1.54) is 0 Å². The zero-order valence-electron chi connectivity index (χ0n) is 14.9. The first kappa shape index (κ1) is 17.5. The number of hydrogen-bond donors (Lipinski definition) is 2. The Labute approximate surface area is 157 Å². The van der Waals surface area contributed by atoms with Gasteiger partial charge in [0.2, 0.25) is 0 Å². The average Bonchev–Trinajstić information content (AvgIpc) is 3.17. The lowest BCUT2D eigenvalue weighted by Crippen LogP contribution is -2.36. The van der Waals surface area contributed by atoms with E-state index < -0.39 is 11.9 Å². The van der Waals surface area contributed by atoms with E-state index in [1.54, 1.807) is 10.2 Å². The van der Waals surface area contributed by atoms with Crippen LogP contribution in [0.5, 0.6) is 0 Å². The van der Waals surface area contributed by atoms with Crippen LogP contribution in [0.25, 0.3) is 10.9 Å². The van der Waals surface area contributed by atoms with Gasteiger partial charge in [-0.15, -0.1) is 0 Å². The number of ether oxygens (including phenoxy) is 1. The Balaban J connectivity index is 1.71. The molecular weight excluding hydrogens is 344 g/mol. The number of fused-ring (bicyclic) bond motifs is 1. The monoisotopic (exact) mass is 366 g/mol. The molecule has 7 heteroatoms. The molecule has 1 aromatic heterocycles. The number of amides is 1. The second-order valence-corrected chi connectivity index (χ2v) is 6.60. The van der Waals surface area contributed by atoms with Gasteiger partial charge < -0.3 is 9.64 Å². The normalized spacial score (nSPS) is 15.7. The molecule has 1 fully saturated rings. The number of anilines is 1. The van der Waals surface area contributed by atoms with Crippen LogP contribution in [0.15, 0.2) is 54.7 Å². The van der Waals surface area contributed by atoms with Gasteiger partial charge in [-0.25, -0.2) is 5.48 Å². The first-order valence-corrected chi connectivity index (χ1v) is 9.05. The van der Waals surface area contributed by atoms with Gasteiger partial charge in [0.1, 0.15) is 6.04 Å². The van der Waals surface area contributed by atoms with Gasteiger partial charge in [-0.05, 0) is 17.7 Å². The van der Waals surface area contributed by atoms with E-state index in [4.69, 9.17) is 4.74 Å². The maximum Gasteiger partial charge on any atom is 0.268 e. The van der Waals surface area contributed by atoms with E-state index >= 15 is 0 Å². The van der Waals surface area contributed by atoms with Crippen LogP contribution in [0.2, 0.25) is 0 Å². The smallest absolute Gasteiger partial charge is 0.268 e. The van der Waals surface area contributed by atoms with Gasteiger partial charge >= 0.3 is 0 Å². The molecule has 1 aliphatic rings. The zero-order valence-corrected chi connectivity index (χ0v) is 14.9. The summed E-state index contributed by atoms with van der Waals surface area (Å²) < 4.78 is 7.09. The highest BCUT2D eigenvalue weighted by Crippen LogP contribution is 2.28. The molecule has 1 unspecified atom stereocenters. The van der Waals surface area contributed by atoms with Crippen molar-refractivity contribution in [2.75, 3.05) is 31.2 Å². The standard InChI is InChI=1S/C20H22N4O3/c25-20(22-26)19(13-15-5-2-1-3-6-15)24-14-16-17(21-24)7-4-8-18(16)23-9-11-27-12-10-23/h1-8,14,19,26H,9-13H2,(H,22,25). The molecule has 0 aliphatic carbocycles. The summed E-state index contributed by atoms with van der Waals surface area (Å²) in [7, 11) is 0. The van der Waals surface area contributed by atoms with Crippen LogP contribution in [0, 0.1) is 0 Å². The highest BCUT2D eigenvalue weighted by molar-refractivity contribution is 5.92. The van der Waals surface area contributed by atoms with E-state index in [9.17, 15) is 10.0 Å². The van der Waals surface area contributed by atoms with Crippen molar-refractivity contribution in [3.05, 3.63) is 60.3 Å². The molecule has 1 aliphatic heterocycles. The fourth-order valence-electron chi connectivity index (χ4n) is 3.50. The summed E-state index contributed by atoms with van der Waals surface area (Å²) in [4.78, 5) is 14.6. The number of morpholine rings is 1. The van der Waals surface area contributed by atoms with Crippen molar-refractivity contribution in [1.29, 1.82) is 0 Å². The highest BCUT2D eigenvalue weighted by atomic mass is 16.5. The predicted molar refractivity (Wildman–Crippen MR) is 102 cm³/mol. The molecule has 0 bridgehead atoms. The summed E-state index contributed by atoms with van der Waals surface area (Å²) >= 11 is 0. The molecule has 27 heavy (non-hydrogen) atoms. The third-order valence-corrected chi connectivity index (χ3v) is 4.90. The van der Waals surface area contributed by atoms with Gasteiger partial charge in [0.15, 0.2) is 0 Å². The Bertz CT molecular complexity index is 919. The average molecular weight is 366 g/mol. The number of rotatable bonds is 5. The van der Waals surface area contributed by atoms with Gasteiger partial charge in [0.25, 0.3) is 5.91 Å². The number of hydrogen-bond acceptors (Lipinski definition) is 5. The fourth-order valence-corrected chi connectivity index (χ4v) is 3.50. The van der Waals surface area contributed by atoms with Crippen LogP contribution >= 0.6 is 0 Å². The molecule has 4 rings (SSSR count). The molecule has 140 valence electrons. The van der Waals surface area contributed by atoms with E-state index in [-0.39, 0.29) is 0 Å². The van der Waals surface area contributed by atoms with Crippen LogP contribution in [0.3, 0.4) is 0 Å². The van der Waals surface area contributed by atoms with Crippen LogP contribution in [-0.2, 0) is 16.0 Å². The van der Waals surface area contributed by atoms with Crippen molar-refractivity contribution in [2.45, 2.75) is 12.5 Å². The summed E-state index contributed by atoms with van der Waals surface area (Å²) in [6, 6.07) is 15.1. The van der Waals surface area contributed by atoms with E-state index in [2.05, 4.69) is 16.1 Å². The Morgan fingerprint density at radius 1 is 1.15 bits per heavy atom. The first-order valence-electron chi connectivity index (χ1n) is 9.05. The van der Waals surface area contributed by atoms with Crippen molar-refractivity contribution in [2.24, 2.45) is 0 Å². The summed E-state index contributed by atoms with van der Waals surface area (Å²) in [5.74, 6) is -0.486. The number of carbonyl (C=O) groups excluding carboxylic acids is 1. The van der Waals surface area contributed by atoms with Crippen molar-refractivity contribution in [3.63, 3.8) is 0 Å². The second-order valence-electron chi connectivity index (χ2n) is 6.60. The lowest BCUT2D eigenvalue weighted by molar-refractivity contribution is -0.132. The Morgan fingerprint density at radius 2 is 1.93 bits per heavy atom. The molecule has 1 amide bonds. The number of hydroxylamine groups is 1. The summed E-state index contributed by atoms with van der Waals surface area (Å²) in [6.45, 7) is 3.06. The Kier molecular flexibility index (Phi) is 5.04. The third kappa shape index (κ3) is 3.65. The predicted octanol–water partition coefficient (Wildman–Crippen LogP) is 2.16. The van der Waals surface area contributed by atoms with Crippen LogP contribution in [0.1, 0.15) is 11.6 Å². The first-order chi connectivity index (χ1) is 13.3. The molecule has 1 atom stereocenters. The topological polar surface area (TPSA) is 79.6 Å². The SMILES string of the molecule is O=C(NO)C(Cc1ccccc1)n1cc2c(N3CCOCC3)cccc2n1. The molecule has 2 aromatic carbocycles. The van der Waals surface area contributed by atoms with Crippen molar-refractivity contribution < 1.29 is 14.7 Å². The Hall–Kier alpha value is -2.90.